The lowest BCUT2D eigenvalue weighted by molar-refractivity contribution is -0.393. The van der Waals surface area contributed by atoms with Crippen molar-refractivity contribution < 1.29 is 53.0 Å². The molecule has 1 heterocycles. The van der Waals surface area contributed by atoms with Crippen LogP contribution in [0.3, 0.4) is 0 Å². The van der Waals surface area contributed by atoms with Gasteiger partial charge in [-0.15, -0.1) is 0 Å². The maximum absolute atomic E-state index is 12.3. The van der Waals surface area contributed by atoms with Crippen LogP contribution in [0.4, 0.5) is 17.1 Å². The topological polar surface area (TPSA) is 228 Å². The second-order valence-corrected chi connectivity index (χ2v) is 11.2. The SMILES string of the molecule is CCO[C@@]1([C@H]2O[C@H](COC(C)=O)[C@@H](OC(C)=O)[C@H](OC(C)=O)[C@H]2O)/C(=N/Nc2ccc([N+](=O)[O-])cc2[N+](=O)[O-])c2cccc3cccc1c23. The van der Waals surface area contributed by atoms with Crippen LogP contribution >= 0.6 is 0 Å². The molecule has 0 radical (unpaired) electrons. The lowest BCUT2D eigenvalue weighted by Gasteiger charge is -2.49. The van der Waals surface area contributed by atoms with E-state index in [9.17, 15) is 39.7 Å². The fraction of sp³-hybridized carbons (Fsp3) is 0.375. The first-order chi connectivity index (χ1) is 23.3. The average molecular weight is 681 g/mol. The van der Waals surface area contributed by atoms with E-state index in [1.165, 1.54) is 0 Å². The number of ether oxygens (including phenoxy) is 5. The second-order valence-electron chi connectivity index (χ2n) is 11.2. The molecule has 1 aliphatic carbocycles. The number of hydrogen-bond acceptors (Lipinski definition) is 15. The number of aliphatic hydroxyl groups excluding tert-OH is 1. The van der Waals surface area contributed by atoms with Crippen molar-refractivity contribution in [3.8, 4) is 0 Å². The number of hydrazone groups is 1. The summed E-state index contributed by atoms with van der Waals surface area (Å²) in [5, 5.41) is 41.2. The molecule has 1 aliphatic heterocycles. The summed E-state index contributed by atoms with van der Waals surface area (Å²) in [6.45, 7) is 4.55. The lowest BCUT2D eigenvalue weighted by Crippen LogP contribution is -2.67. The van der Waals surface area contributed by atoms with E-state index in [-0.39, 0.29) is 18.0 Å². The van der Waals surface area contributed by atoms with E-state index >= 15 is 0 Å². The molecule has 6 atom stereocenters. The summed E-state index contributed by atoms with van der Waals surface area (Å²) in [5.74, 6) is -2.31. The van der Waals surface area contributed by atoms with Gasteiger partial charge in [0.05, 0.1) is 15.9 Å². The van der Waals surface area contributed by atoms with E-state index < -0.39 is 81.9 Å². The number of nitro groups is 2. The molecule has 1 saturated heterocycles. The van der Waals surface area contributed by atoms with Crippen molar-refractivity contribution in [1.29, 1.82) is 0 Å². The highest BCUT2D eigenvalue weighted by molar-refractivity contribution is 6.22. The molecule has 5 rings (SSSR count). The minimum absolute atomic E-state index is 0.00608. The molecule has 49 heavy (non-hydrogen) atoms. The first-order valence-corrected chi connectivity index (χ1v) is 15.0. The van der Waals surface area contributed by atoms with Crippen LogP contribution < -0.4 is 5.43 Å². The van der Waals surface area contributed by atoms with E-state index in [2.05, 4.69) is 10.5 Å². The van der Waals surface area contributed by atoms with Crippen molar-refractivity contribution in [1.82, 2.24) is 0 Å². The molecule has 2 aliphatic rings. The van der Waals surface area contributed by atoms with Gasteiger partial charge in [0.2, 0.25) is 0 Å². The Morgan fingerprint density at radius 1 is 0.959 bits per heavy atom. The molecule has 258 valence electrons. The number of non-ortho nitro benzene ring substituents is 1. The highest BCUT2D eigenvalue weighted by Crippen LogP contribution is 2.50. The standard InChI is InChI=1S/C32H32N4O13/c1-5-46-32(31-27(40)29(48-18(4)39)28(47-17(3)38)25(49-31)15-45-16(2)37)22-11-7-9-19-8-6-10-21(26(19)22)30(32)34-33-23-13-12-20(35(41)42)14-24(23)36(43)44/h6-14,25,27-29,31,33,40H,5,15H2,1-4H3/b34-30+/t25-,27-,28-,29-,31+,32-/m1/s1. The molecular weight excluding hydrogens is 648 g/mol. The number of carbonyl (C=O) groups excluding carboxylic acids is 3. The number of esters is 3. The molecule has 0 unspecified atom stereocenters. The van der Waals surface area contributed by atoms with Gasteiger partial charge in [0.25, 0.3) is 5.69 Å². The quantitative estimate of drug-likeness (QED) is 0.128. The summed E-state index contributed by atoms with van der Waals surface area (Å²) >= 11 is 0. The van der Waals surface area contributed by atoms with Gasteiger partial charge in [0.1, 0.15) is 36.3 Å². The van der Waals surface area contributed by atoms with Crippen LogP contribution in [0, 0.1) is 20.2 Å². The fourth-order valence-corrected chi connectivity index (χ4v) is 6.32. The van der Waals surface area contributed by atoms with Crippen molar-refractivity contribution in [2.75, 3.05) is 18.6 Å². The largest absolute Gasteiger partial charge is 0.463 e. The Morgan fingerprint density at radius 2 is 1.63 bits per heavy atom. The number of hydrogen-bond donors (Lipinski definition) is 2. The summed E-state index contributed by atoms with van der Waals surface area (Å²) in [6.07, 6.45) is -7.54. The number of carbonyl (C=O) groups is 3. The van der Waals surface area contributed by atoms with E-state index in [0.717, 1.165) is 44.4 Å². The highest BCUT2D eigenvalue weighted by atomic mass is 16.6. The predicted molar refractivity (Wildman–Crippen MR) is 170 cm³/mol. The van der Waals surface area contributed by atoms with Gasteiger partial charge < -0.3 is 28.8 Å². The van der Waals surface area contributed by atoms with Crippen LogP contribution in [-0.4, -0.2) is 82.3 Å². The Hall–Kier alpha value is -5.52. The molecule has 17 nitrogen and oxygen atoms in total. The molecule has 0 bridgehead atoms. The van der Waals surface area contributed by atoms with Crippen LogP contribution in [0.15, 0.2) is 59.7 Å². The number of nitro benzene ring substituents is 2. The summed E-state index contributed by atoms with van der Waals surface area (Å²) in [6, 6.07) is 13.6. The van der Waals surface area contributed by atoms with Gasteiger partial charge in [0.15, 0.2) is 17.8 Å². The fourth-order valence-electron chi connectivity index (χ4n) is 6.32. The van der Waals surface area contributed by atoms with Crippen LogP contribution in [0.2, 0.25) is 0 Å². The maximum atomic E-state index is 12.3. The van der Waals surface area contributed by atoms with Gasteiger partial charge >= 0.3 is 23.6 Å². The minimum Gasteiger partial charge on any atom is -0.463 e. The van der Waals surface area contributed by atoms with E-state index in [1.54, 1.807) is 31.2 Å². The second kappa shape index (κ2) is 13.9. The Bertz CT molecular complexity index is 1860. The van der Waals surface area contributed by atoms with Crippen LogP contribution in [-0.2, 0) is 43.7 Å². The zero-order chi connectivity index (χ0) is 35.6. The van der Waals surface area contributed by atoms with Gasteiger partial charge in [-0.05, 0) is 23.8 Å². The molecule has 0 saturated carbocycles. The van der Waals surface area contributed by atoms with Crippen molar-refractivity contribution >= 4 is 51.5 Å². The number of anilines is 1. The van der Waals surface area contributed by atoms with Gasteiger partial charge in [-0.2, -0.15) is 5.10 Å². The monoisotopic (exact) mass is 680 g/mol. The predicted octanol–water partition coefficient (Wildman–Crippen LogP) is 3.27. The molecular formula is C32H32N4O13. The van der Waals surface area contributed by atoms with Gasteiger partial charge in [-0.25, -0.2) is 0 Å². The Kier molecular flexibility index (Phi) is 9.88. The number of nitrogens with zero attached hydrogens (tertiary/aromatic N) is 3. The Balaban J connectivity index is 1.74. The van der Waals surface area contributed by atoms with Crippen LogP contribution in [0.5, 0.6) is 0 Å². The van der Waals surface area contributed by atoms with Gasteiger partial charge in [-0.1, -0.05) is 36.4 Å². The number of aliphatic hydroxyl groups is 1. The molecule has 3 aromatic rings. The zero-order valence-electron chi connectivity index (χ0n) is 26.7. The third-order valence-electron chi connectivity index (χ3n) is 8.07. The van der Waals surface area contributed by atoms with Crippen molar-refractivity contribution in [2.45, 2.75) is 63.8 Å². The maximum Gasteiger partial charge on any atom is 0.303 e. The molecule has 0 amide bonds. The molecule has 17 heteroatoms. The molecule has 0 aromatic heterocycles. The molecule has 1 fully saturated rings. The third-order valence-corrected chi connectivity index (χ3v) is 8.07. The van der Waals surface area contributed by atoms with Crippen molar-refractivity contribution in [3.05, 3.63) is 86.0 Å². The number of nitrogens with one attached hydrogen (secondary N) is 1. The van der Waals surface area contributed by atoms with Gasteiger partial charge in [0, 0.05) is 44.6 Å². The Morgan fingerprint density at radius 3 is 2.24 bits per heavy atom. The molecule has 3 aromatic carbocycles. The minimum atomic E-state index is -1.84. The summed E-state index contributed by atoms with van der Waals surface area (Å²) < 4.78 is 29.2. The summed E-state index contributed by atoms with van der Waals surface area (Å²) in [4.78, 5) is 58.1. The van der Waals surface area contributed by atoms with E-state index in [0.29, 0.717) is 16.5 Å². The van der Waals surface area contributed by atoms with E-state index in [4.69, 9.17) is 23.7 Å². The smallest absolute Gasteiger partial charge is 0.303 e. The average Bonchev–Trinajstić information content (AvgIpc) is 3.31. The molecule has 0 spiro atoms. The Labute approximate surface area is 278 Å². The number of benzene rings is 3. The van der Waals surface area contributed by atoms with Crippen molar-refractivity contribution in [3.63, 3.8) is 0 Å². The summed E-state index contributed by atoms with van der Waals surface area (Å²) in [7, 11) is 0. The zero-order valence-corrected chi connectivity index (χ0v) is 26.7. The van der Waals surface area contributed by atoms with E-state index in [1.807, 2.05) is 12.1 Å². The lowest BCUT2D eigenvalue weighted by atomic mass is 9.79. The van der Waals surface area contributed by atoms with Gasteiger partial charge in [-0.3, -0.25) is 40.0 Å². The molecule has 2 N–H and O–H groups in total. The number of rotatable bonds is 11. The van der Waals surface area contributed by atoms with Crippen LogP contribution in [0.25, 0.3) is 10.8 Å². The highest BCUT2D eigenvalue weighted by Gasteiger charge is 2.62. The summed E-state index contributed by atoms with van der Waals surface area (Å²) in [5.41, 5.74) is 0.507. The first-order valence-electron chi connectivity index (χ1n) is 15.0. The van der Waals surface area contributed by atoms with Crippen LogP contribution in [0.1, 0.15) is 38.8 Å². The first kappa shape index (κ1) is 34.8. The third kappa shape index (κ3) is 6.50. The normalized spacial score (nSPS) is 25.1. The van der Waals surface area contributed by atoms with Crippen molar-refractivity contribution in [2.24, 2.45) is 5.10 Å².